The van der Waals surface area contributed by atoms with E-state index in [1.54, 1.807) is 6.07 Å². The van der Waals surface area contributed by atoms with Crippen LogP contribution in [0.25, 0.3) is 11.1 Å². The van der Waals surface area contributed by atoms with E-state index in [0.29, 0.717) is 35.2 Å². The number of amides is 1. The molecular formula is C24H28N2O3. The molecule has 1 aliphatic carbocycles. The highest BCUT2D eigenvalue weighted by Crippen LogP contribution is 2.36. The van der Waals surface area contributed by atoms with Crippen LogP contribution in [0.3, 0.4) is 0 Å². The molecule has 29 heavy (non-hydrogen) atoms. The van der Waals surface area contributed by atoms with Gasteiger partial charge in [-0.1, -0.05) is 44.2 Å². The molecule has 1 aliphatic heterocycles. The second kappa shape index (κ2) is 8.47. The minimum absolute atomic E-state index is 0.00347. The molecule has 1 unspecified atom stereocenters. The van der Waals surface area contributed by atoms with Crippen LogP contribution >= 0.6 is 0 Å². The molecule has 0 radical (unpaired) electrons. The van der Waals surface area contributed by atoms with Crippen LogP contribution in [0.4, 0.5) is 0 Å². The van der Waals surface area contributed by atoms with Crippen LogP contribution in [-0.2, 0) is 4.74 Å². The lowest BCUT2D eigenvalue weighted by Crippen LogP contribution is -2.49. The molecule has 2 aromatic carbocycles. The highest BCUT2D eigenvalue weighted by atomic mass is 16.5. The average Bonchev–Trinajstić information content (AvgIpc) is 3.03. The molecule has 0 spiro atoms. The molecule has 2 aliphatic rings. The lowest BCUT2D eigenvalue weighted by atomic mass is 10.0. The normalized spacial score (nSPS) is 17.1. The van der Waals surface area contributed by atoms with Gasteiger partial charge in [0.1, 0.15) is 0 Å². The fourth-order valence-corrected chi connectivity index (χ4v) is 4.33. The summed E-state index contributed by atoms with van der Waals surface area (Å²) < 4.78 is 5.47. The summed E-state index contributed by atoms with van der Waals surface area (Å²) in [6.45, 7) is 8.31. The molecule has 1 atom stereocenters. The average molecular weight is 392 g/mol. The van der Waals surface area contributed by atoms with Crippen molar-refractivity contribution in [2.75, 3.05) is 32.8 Å². The molecule has 1 saturated heterocycles. The second-order valence-electron chi connectivity index (χ2n) is 8.28. The first-order chi connectivity index (χ1) is 14.0. The van der Waals surface area contributed by atoms with Gasteiger partial charge in [-0.15, -0.1) is 0 Å². The number of carbonyl (C=O) groups excluding carboxylic acids is 2. The number of rotatable bonds is 6. The number of hydrogen-bond donors (Lipinski definition) is 1. The predicted octanol–water partition coefficient (Wildman–Crippen LogP) is 3.37. The summed E-state index contributed by atoms with van der Waals surface area (Å²) in [5.41, 5.74) is 3.72. The first-order valence-corrected chi connectivity index (χ1v) is 10.4. The predicted molar refractivity (Wildman–Crippen MR) is 113 cm³/mol. The Balaban J connectivity index is 1.47. The highest BCUT2D eigenvalue weighted by Gasteiger charge is 2.27. The highest BCUT2D eigenvalue weighted by molar-refractivity contribution is 6.22. The zero-order valence-electron chi connectivity index (χ0n) is 17.1. The van der Waals surface area contributed by atoms with Crippen molar-refractivity contribution in [1.29, 1.82) is 0 Å². The molecule has 4 rings (SSSR count). The maximum atomic E-state index is 12.8. The number of nitrogens with one attached hydrogen (secondary N) is 1. The molecule has 152 valence electrons. The number of carbonyl (C=O) groups is 2. The Kier molecular flexibility index (Phi) is 5.79. The van der Waals surface area contributed by atoms with Gasteiger partial charge in [-0.05, 0) is 35.6 Å². The van der Waals surface area contributed by atoms with Crippen LogP contribution in [0.1, 0.15) is 46.5 Å². The number of benzene rings is 2. The van der Waals surface area contributed by atoms with E-state index in [1.165, 1.54) is 0 Å². The van der Waals surface area contributed by atoms with Gasteiger partial charge in [0, 0.05) is 42.4 Å². The summed E-state index contributed by atoms with van der Waals surface area (Å²) in [5, 5.41) is 3.10. The van der Waals surface area contributed by atoms with Crippen molar-refractivity contribution in [2.24, 2.45) is 5.92 Å². The topological polar surface area (TPSA) is 58.6 Å². The first-order valence-electron chi connectivity index (χ1n) is 10.4. The Morgan fingerprint density at radius 3 is 2.45 bits per heavy atom. The van der Waals surface area contributed by atoms with Crippen LogP contribution in [0.2, 0.25) is 0 Å². The third kappa shape index (κ3) is 4.11. The van der Waals surface area contributed by atoms with E-state index in [2.05, 4.69) is 24.1 Å². The number of morpholine rings is 1. The summed E-state index contributed by atoms with van der Waals surface area (Å²) in [7, 11) is 0. The maximum Gasteiger partial charge on any atom is 0.251 e. The number of nitrogens with zero attached hydrogens (tertiary/aromatic N) is 1. The van der Waals surface area contributed by atoms with Crippen LogP contribution in [-0.4, -0.2) is 55.5 Å². The molecule has 0 bridgehead atoms. The van der Waals surface area contributed by atoms with Crippen molar-refractivity contribution < 1.29 is 14.3 Å². The number of ether oxygens (including phenoxy) is 1. The van der Waals surface area contributed by atoms with Crippen LogP contribution in [0, 0.1) is 5.92 Å². The largest absolute Gasteiger partial charge is 0.379 e. The van der Waals surface area contributed by atoms with Crippen molar-refractivity contribution in [1.82, 2.24) is 10.2 Å². The SMILES string of the molecule is CC(C)CC(CNC(=O)c1ccc2c(c1)C(=O)c1ccccc1-2)N1CCOCC1. The molecule has 5 heteroatoms. The lowest BCUT2D eigenvalue weighted by molar-refractivity contribution is 0.0124. The van der Waals surface area contributed by atoms with Gasteiger partial charge in [0.05, 0.1) is 13.2 Å². The van der Waals surface area contributed by atoms with E-state index >= 15 is 0 Å². The second-order valence-corrected chi connectivity index (χ2v) is 8.28. The molecule has 1 heterocycles. The Morgan fingerprint density at radius 2 is 1.72 bits per heavy atom. The Morgan fingerprint density at radius 1 is 1.03 bits per heavy atom. The molecule has 5 nitrogen and oxygen atoms in total. The molecule has 1 fully saturated rings. The third-order valence-electron chi connectivity index (χ3n) is 5.79. The number of hydrogen-bond acceptors (Lipinski definition) is 4. The molecule has 1 N–H and O–H groups in total. The van der Waals surface area contributed by atoms with Crippen molar-refractivity contribution in [3.8, 4) is 11.1 Å². The molecule has 0 aromatic heterocycles. The minimum atomic E-state index is -0.126. The molecule has 2 aromatic rings. The summed E-state index contributed by atoms with van der Waals surface area (Å²) in [6.07, 6.45) is 1.03. The monoisotopic (exact) mass is 392 g/mol. The zero-order valence-corrected chi connectivity index (χ0v) is 17.1. The Bertz CT molecular complexity index is 916. The van der Waals surface area contributed by atoms with Crippen molar-refractivity contribution in [3.63, 3.8) is 0 Å². The minimum Gasteiger partial charge on any atom is -0.379 e. The number of fused-ring (bicyclic) bond motifs is 3. The lowest BCUT2D eigenvalue weighted by Gasteiger charge is -2.35. The Labute approximate surface area is 172 Å². The van der Waals surface area contributed by atoms with E-state index in [4.69, 9.17) is 4.74 Å². The van der Waals surface area contributed by atoms with Crippen LogP contribution in [0.15, 0.2) is 42.5 Å². The van der Waals surface area contributed by atoms with Gasteiger partial charge in [0.2, 0.25) is 0 Å². The van der Waals surface area contributed by atoms with E-state index in [0.717, 1.165) is 43.9 Å². The zero-order chi connectivity index (χ0) is 20.4. The number of ketones is 1. The standard InChI is InChI=1S/C24H28N2O3/c1-16(2)13-18(26-9-11-29-12-10-26)15-25-24(28)17-7-8-20-19-5-3-4-6-21(19)23(27)22(20)14-17/h3-8,14,16,18H,9-13,15H2,1-2H3,(H,25,28). The first kappa shape index (κ1) is 19.8. The van der Waals surface area contributed by atoms with Gasteiger partial charge in [-0.3, -0.25) is 14.5 Å². The van der Waals surface area contributed by atoms with E-state index in [-0.39, 0.29) is 11.7 Å². The van der Waals surface area contributed by atoms with Gasteiger partial charge in [-0.25, -0.2) is 0 Å². The van der Waals surface area contributed by atoms with Gasteiger partial charge in [-0.2, -0.15) is 0 Å². The Hall–Kier alpha value is -2.50. The fourth-order valence-electron chi connectivity index (χ4n) is 4.33. The maximum absolute atomic E-state index is 12.8. The summed E-state index contributed by atoms with van der Waals surface area (Å²) in [5.74, 6) is 0.422. The summed E-state index contributed by atoms with van der Waals surface area (Å²) in [6, 6.07) is 13.3. The summed E-state index contributed by atoms with van der Waals surface area (Å²) >= 11 is 0. The van der Waals surface area contributed by atoms with Gasteiger partial charge in [0.15, 0.2) is 5.78 Å². The fraction of sp³-hybridized carbons (Fsp3) is 0.417. The van der Waals surface area contributed by atoms with Gasteiger partial charge in [0.25, 0.3) is 5.91 Å². The van der Waals surface area contributed by atoms with Gasteiger partial charge < -0.3 is 10.1 Å². The summed E-state index contributed by atoms with van der Waals surface area (Å²) in [4.78, 5) is 27.9. The van der Waals surface area contributed by atoms with Crippen molar-refractivity contribution >= 4 is 11.7 Å². The van der Waals surface area contributed by atoms with Gasteiger partial charge >= 0.3 is 0 Å². The molecule has 0 saturated carbocycles. The smallest absolute Gasteiger partial charge is 0.251 e. The quantitative estimate of drug-likeness (QED) is 0.699. The van der Waals surface area contributed by atoms with E-state index in [9.17, 15) is 9.59 Å². The third-order valence-corrected chi connectivity index (χ3v) is 5.79. The van der Waals surface area contributed by atoms with Crippen molar-refractivity contribution in [2.45, 2.75) is 26.3 Å². The van der Waals surface area contributed by atoms with Crippen molar-refractivity contribution in [3.05, 3.63) is 59.2 Å². The van der Waals surface area contributed by atoms with E-state index in [1.807, 2.05) is 36.4 Å². The van der Waals surface area contributed by atoms with Crippen LogP contribution in [0.5, 0.6) is 0 Å². The molecule has 1 amide bonds. The van der Waals surface area contributed by atoms with Crippen LogP contribution < -0.4 is 5.32 Å². The molecular weight excluding hydrogens is 364 g/mol. The van der Waals surface area contributed by atoms with E-state index < -0.39 is 0 Å².